The summed E-state index contributed by atoms with van der Waals surface area (Å²) in [6, 6.07) is 13.7. The fraction of sp³-hybridized carbons (Fsp3) is 0.429. The van der Waals surface area contributed by atoms with Gasteiger partial charge in [-0.25, -0.2) is 13.1 Å². The van der Waals surface area contributed by atoms with Gasteiger partial charge in [-0.3, -0.25) is 4.90 Å². The molecule has 1 aliphatic rings. The van der Waals surface area contributed by atoms with Crippen molar-refractivity contribution in [2.24, 2.45) is 0 Å². The number of hydrogen-bond acceptors (Lipinski definition) is 4. The quantitative estimate of drug-likeness (QED) is 0.825. The van der Waals surface area contributed by atoms with Gasteiger partial charge in [0.15, 0.2) is 0 Å². The number of rotatable bonds is 6. The molecule has 1 saturated heterocycles. The number of hydrogen-bond donors (Lipinski definition) is 1. The van der Waals surface area contributed by atoms with Gasteiger partial charge < -0.3 is 4.74 Å². The van der Waals surface area contributed by atoms with Gasteiger partial charge in [-0.2, -0.15) is 0 Å². The maximum Gasteiger partial charge on any atom is 0.240 e. The van der Waals surface area contributed by atoms with Gasteiger partial charge in [0.1, 0.15) is 5.75 Å². The van der Waals surface area contributed by atoms with Crippen LogP contribution in [0.1, 0.15) is 29.5 Å². The van der Waals surface area contributed by atoms with Gasteiger partial charge in [0.25, 0.3) is 0 Å². The molecule has 6 heteroatoms. The number of aryl methyl sites for hydroxylation is 2. The van der Waals surface area contributed by atoms with Crippen LogP contribution in [0.4, 0.5) is 0 Å². The second-order valence-corrected chi connectivity index (χ2v) is 8.96. The van der Waals surface area contributed by atoms with Crippen molar-refractivity contribution in [2.45, 2.75) is 44.2 Å². The lowest BCUT2D eigenvalue weighted by atomic mass is 10.1. The van der Waals surface area contributed by atoms with Gasteiger partial charge in [-0.15, -0.1) is 0 Å². The van der Waals surface area contributed by atoms with Crippen LogP contribution in [-0.4, -0.2) is 39.6 Å². The van der Waals surface area contributed by atoms with E-state index in [1.807, 2.05) is 19.9 Å². The summed E-state index contributed by atoms with van der Waals surface area (Å²) in [5, 5.41) is 0. The molecular weight excluding hydrogens is 360 g/mol. The van der Waals surface area contributed by atoms with Crippen LogP contribution >= 0.6 is 0 Å². The number of ether oxygens (including phenoxy) is 1. The second-order valence-electron chi connectivity index (χ2n) is 7.25. The summed E-state index contributed by atoms with van der Waals surface area (Å²) >= 11 is 0. The molecule has 1 fully saturated rings. The van der Waals surface area contributed by atoms with E-state index in [1.165, 1.54) is 5.56 Å². The Morgan fingerprint density at radius 1 is 1.07 bits per heavy atom. The third-order valence-electron chi connectivity index (χ3n) is 5.11. The molecule has 5 nitrogen and oxygen atoms in total. The normalized spacial score (nSPS) is 16.4. The fourth-order valence-corrected chi connectivity index (χ4v) is 5.20. The van der Waals surface area contributed by atoms with Crippen molar-refractivity contribution in [1.29, 1.82) is 0 Å². The molecule has 0 aliphatic carbocycles. The Balaban J connectivity index is 1.61. The molecule has 2 aromatic carbocycles. The summed E-state index contributed by atoms with van der Waals surface area (Å²) in [7, 11) is -1.93. The minimum absolute atomic E-state index is 0.0234. The number of nitrogens with zero attached hydrogens (tertiary/aromatic N) is 1. The van der Waals surface area contributed by atoms with E-state index in [0.717, 1.165) is 49.4 Å². The lowest BCUT2D eigenvalue weighted by Gasteiger charge is -2.32. The molecule has 2 aromatic rings. The molecule has 1 N–H and O–H groups in total. The molecule has 0 bridgehead atoms. The highest BCUT2D eigenvalue weighted by molar-refractivity contribution is 7.89. The van der Waals surface area contributed by atoms with Crippen LogP contribution < -0.4 is 9.46 Å². The van der Waals surface area contributed by atoms with E-state index in [1.54, 1.807) is 19.2 Å². The Hall–Kier alpha value is -1.89. The summed E-state index contributed by atoms with van der Waals surface area (Å²) in [6.45, 7) is 6.43. The van der Waals surface area contributed by atoms with Crippen LogP contribution in [0.25, 0.3) is 0 Å². The van der Waals surface area contributed by atoms with Gasteiger partial charge >= 0.3 is 0 Å². The summed E-state index contributed by atoms with van der Waals surface area (Å²) in [5.41, 5.74) is 2.95. The van der Waals surface area contributed by atoms with Crippen molar-refractivity contribution in [3.63, 3.8) is 0 Å². The number of piperidine rings is 1. The molecule has 0 amide bonds. The molecule has 0 saturated carbocycles. The molecule has 27 heavy (non-hydrogen) atoms. The SMILES string of the molecule is COc1c(C)cc(S(=O)(=O)NC2CCN(Cc3ccccc3)CC2)cc1C. The Bertz CT molecular complexity index is 851. The standard InChI is InChI=1S/C21H28N2O3S/c1-16-13-20(14-17(2)21(16)26-3)27(24,25)22-19-9-11-23(12-10-19)15-18-7-5-4-6-8-18/h4-8,13-14,19,22H,9-12,15H2,1-3H3. The molecule has 146 valence electrons. The molecule has 1 aliphatic heterocycles. The summed E-state index contributed by atoms with van der Waals surface area (Å²) in [4.78, 5) is 2.69. The van der Waals surface area contributed by atoms with Crippen molar-refractivity contribution >= 4 is 10.0 Å². The molecule has 1 heterocycles. The Labute approximate surface area is 162 Å². The molecule has 0 radical (unpaired) electrons. The van der Waals surface area contributed by atoms with Gasteiger partial charge in [-0.05, 0) is 55.5 Å². The van der Waals surface area contributed by atoms with E-state index < -0.39 is 10.0 Å². The van der Waals surface area contributed by atoms with E-state index in [9.17, 15) is 8.42 Å². The molecule has 0 spiro atoms. The average Bonchev–Trinajstić information content (AvgIpc) is 2.64. The van der Waals surface area contributed by atoms with Crippen LogP contribution in [0.5, 0.6) is 5.75 Å². The Kier molecular flexibility index (Phi) is 6.19. The van der Waals surface area contributed by atoms with E-state index >= 15 is 0 Å². The van der Waals surface area contributed by atoms with Crippen molar-refractivity contribution in [1.82, 2.24) is 9.62 Å². The first-order valence-electron chi connectivity index (χ1n) is 9.33. The van der Waals surface area contributed by atoms with E-state index in [-0.39, 0.29) is 6.04 Å². The first-order chi connectivity index (χ1) is 12.9. The van der Waals surface area contributed by atoms with E-state index in [4.69, 9.17) is 4.74 Å². The maximum absolute atomic E-state index is 12.8. The summed E-state index contributed by atoms with van der Waals surface area (Å²) < 4.78 is 33.8. The zero-order valence-corrected chi connectivity index (χ0v) is 17.1. The lowest BCUT2D eigenvalue weighted by Crippen LogP contribution is -2.44. The minimum Gasteiger partial charge on any atom is -0.496 e. The number of sulfonamides is 1. The van der Waals surface area contributed by atoms with Gasteiger partial charge in [0.2, 0.25) is 10.0 Å². The molecule has 0 atom stereocenters. The van der Waals surface area contributed by atoms with Crippen molar-refractivity contribution < 1.29 is 13.2 Å². The van der Waals surface area contributed by atoms with Gasteiger partial charge in [0.05, 0.1) is 12.0 Å². The van der Waals surface area contributed by atoms with Crippen LogP contribution in [0.2, 0.25) is 0 Å². The summed E-state index contributed by atoms with van der Waals surface area (Å²) in [6.07, 6.45) is 1.64. The number of benzene rings is 2. The van der Waals surface area contributed by atoms with Crippen molar-refractivity contribution in [3.05, 3.63) is 59.2 Å². The zero-order chi connectivity index (χ0) is 19.4. The first kappa shape index (κ1) is 19.9. The number of nitrogens with one attached hydrogen (secondary N) is 1. The number of methoxy groups -OCH3 is 1. The minimum atomic E-state index is -3.53. The fourth-order valence-electron chi connectivity index (χ4n) is 3.73. The van der Waals surface area contributed by atoms with Crippen LogP contribution in [0.3, 0.4) is 0 Å². The highest BCUT2D eigenvalue weighted by Gasteiger charge is 2.25. The monoisotopic (exact) mass is 388 g/mol. The van der Waals surface area contributed by atoms with Crippen molar-refractivity contribution in [2.75, 3.05) is 20.2 Å². The largest absolute Gasteiger partial charge is 0.496 e. The van der Waals surface area contributed by atoms with E-state index in [2.05, 4.69) is 33.9 Å². The molecule has 0 aromatic heterocycles. The smallest absolute Gasteiger partial charge is 0.240 e. The predicted octanol–water partition coefficient (Wildman–Crippen LogP) is 3.25. The highest BCUT2D eigenvalue weighted by Crippen LogP contribution is 2.27. The van der Waals surface area contributed by atoms with Crippen LogP contribution in [0.15, 0.2) is 47.4 Å². The van der Waals surface area contributed by atoms with Gasteiger partial charge in [0, 0.05) is 25.7 Å². The van der Waals surface area contributed by atoms with Crippen LogP contribution in [0, 0.1) is 13.8 Å². The average molecular weight is 389 g/mol. The Morgan fingerprint density at radius 2 is 1.67 bits per heavy atom. The first-order valence-corrected chi connectivity index (χ1v) is 10.8. The van der Waals surface area contributed by atoms with Crippen molar-refractivity contribution in [3.8, 4) is 5.75 Å². The van der Waals surface area contributed by atoms with Gasteiger partial charge in [-0.1, -0.05) is 30.3 Å². The second kappa shape index (κ2) is 8.42. The van der Waals surface area contributed by atoms with Crippen LogP contribution in [-0.2, 0) is 16.6 Å². The maximum atomic E-state index is 12.8. The molecule has 0 unspecified atom stereocenters. The van der Waals surface area contributed by atoms with E-state index in [0.29, 0.717) is 4.90 Å². The predicted molar refractivity (Wildman–Crippen MR) is 108 cm³/mol. The molecule has 3 rings (SSSR count). The summed E-state index contributed by atoms with van der Waals surface area (Å²) in [5.74, 6) is 0.739. The third kappa shape index (κ3) is 4.89. The Morgan fingerprint density at radius 3 is 2.22 bits per heavy atom. The lowest BCUT2D eigenvalue weighted by molar-refractivity contribution is 0.200. The zero-order valence-electron chi connectivity index (χ0n) is 16.2. The topological polar surface area (TPSA) is 58.6 Å². The third-order valence-corrected chi connectivity index (χ3v) is 6.61. The number of likely N-dealkylation sites (tertiary alicyclic amines) is 1. The molecular formula is C21H28N2O3S. The highest BCUT2D eigenvalue weighted by atomic mass is 32.2.